The Morgan fingerprint density at radius 3 is 2.62 bits per heavy atom. The Morgan fingerprint density at radius 1 is 1.22 bits per heavy atom. The smallest absolute Gasteiger partial charge is 0.312 e. The van der Waals surface area contributed by atoms with Crippen LogP contribution in [-0.4, -0.2) is 41.6 Å². The average molecular weight is 441 g/mol. The molecule has 2 heterocycles. The minimum absolute atomic E-state index is 0.0441. The van der Waals surface area contributed by atoms with E-state index in [1.165, 1.54) is 12.1 Å². The molecule has 1 aliphatic heterocycles. The summed E-state index contributed by atoms with van der Waals surface area (Å²) < 4.78 is 24.2. The predicted octanol–water partition coefficient (Wildman–Crippen LogP) is 4.55. The Hall–Kier alpha value is -2.96. The van der Waals surface area contributed by atoms with Crippen LogP contribution in [0.4, 0.5) is 4.39 Å². The van der Waals surface area contributed by atoms with Gasteiger partial charge in [-0.15, -0.1) is 0 Å². The van der Waals surface area contributed by atoms with Crippen molar-refractivity contribution in [2.24, 2.45) is 11.3 Å². The second-order valence-electron chi connectivity index (χ2n) is 8.67. The molecule has 1 aromatic carbocycles. The first-order chi connectivity index (χ1) is 15.5. The fourth-order valence-corrected chi connectivity index (χ4v) is 4.65. The molecule has 1 aliphatic carbocycles. The lowest BCUT2D eigenvalue weighted by molar-refractivity contribution is -0.161. The molecule has 0 saturated carbocycles. The molecular weight excluding hydrogens is 411 g/mol. The van der Waals surface area contributed by atoms with Crippen molar-refractivity contribution in [2.75, 3.05) is 19.7 Å². The molecule has 0 spiro atoms. The number of halogens is 1. The number of likely N-dealkylation sites (tertiary alicyclic amines) is 1. The highest BCUT2D eigenvalue weighted by atomic mass is 19.1. The summed E-state index contributed by atoms with van der Waals surface area (Å²) in [5.74, 6) is 0.235. The third kappa shape index (κ3) is 4.76. The highest BCUT2D eigenvalue weighted by Gasteiger charge is 2.45. The van der Waals surface area contributed by atoms with Crippen molar-refractivity contribution in [3.05, 3.63) is 54.1 Å². The lowest BCUT2D eigenvalue weighted by atomic mass is 9.74. The summed E-state index contributed by atoms with van der Waals surface area (Å²) in [5.41, 5.74) is 0.587. The molecule has 0 radical (unpaired) electrons. The van der Waals surface area contributed by atoms with Crippen LogP contribution in [0.5, 0.6) is 0 Å². The predicted molar refractivity (Wildman–Crippen MR) is 117 cm³/mol. The van der Waals surface area contributed by atoms with E-state index in [1.807, 2.05) is 4.90 Å². The van der Waals surface area contributed by atoms with Crippen LogP contribution in [0.2, 0.25) is 0 Å². The Balaban J connectivity index is 1.47. The molecule has 170 valence electrons. The number of ether oxygens (including phenoxy) is 1. The van der Waals surface area contributed by atoms with Crippen LogP contribution in [0.25, 0.3) is 11.3 Å². The first-order valence-corrected chi connectivity index (χ1v) is 11.3. The van der Waals surface area contributed by atoms with Gasteiger partial charge in [0.05, 0.1) is 12.0 Å². The molecule has 32 heavy (non-hydrogen) atoms. The van der Waals surface area contributed by atoms with Gasteiger partial charge in [-0.1, -0.05) is 17.3 Å². The Kier molecular flexibility index (Phi) is 6.72. The van der Waals surface area contributed by atoms with Gasteiger partial charge in [0.2, 0.25) is 5.91 Å². The number of carbonyl (C=O) groups excluding carboxylic acids is 2. The van der Waals surface area contributed by atoms with Crippen LogP contribution >= 0.6 is 0 Å². The number of aromatic nitrogens is 1. The van der Waals surface area contributed by atoms with Gasteiger partial charge in [0.15, 0.2) is 0 Å². The Morgan fingerprint density at radius 2 is 1.97 bits per heavy atom. The molecular formula is C25H29FN2O4. The maximum Gasteiger partial charge on any atom is 0.312 e. The number of nitrogens with zero attached hydrogens (tertiary/aromatic N) is 2. The van der Waals surface area contributed by atoms with Crippen LogP contribution in [0.3, 0.4) is 0 Å². The number of carbonyl (C=O) groups is 2. The molecule has 2 aliphatic rings. The summed E-state index contributed by atoms with van der Waals surface area (Å²) in [6, 6.07) is 7.82. The minimum Gasteiger partial charge on any atom is -0.466 e. The van der Waals surface area contributed by atoms with Gasteiger partial charge in [-0.3, -0.25) is 9.59 Å². The molecule has 6 nitrogen and oxygen atoms in total. The highest BCUT2D eigenvalue weighted by Crippen LogP contribution is 2.38. The van der Waals surface area contributed by atoms with Gasteiger partial charge in [-0.25, -0.2) is 4.39 Å². The van der Waals surface area contributed by atoms with Crippen LogP contribution in [0, 0.1) is 17.2 Å². The minimum atomic E-state index is -0.751. The molecule has 1 fully saturated rings. The van der Waals surface area contributed by atoms with Gasteiger partial charge >= 0.3 is 5.97 Å². The largest absolute Gasteiger partial charge is 0.466 e. The van der Waals surface area contributed by atoms with Crippen molar-refractivity contribution in [3.63, 3.8) is 0 Å². The zero-order valence-corrected chi connectivity index (χ0v) is 18.4. The van der Waals surface area contributed by atoms with Gasteiger partial charge in [0.1, 0.15) is 17.3 Å². The summed E-state index contributed by atoms with van der Waals surface area (Å²) in [6.45, 7) is 3.14. The molecule has 1 aromatic heterocycles. The monoisotopic (exact) mass is 440 g/mol. The molecule has 1 amide bonds. The third-order valence-electron chi connectivity index (χ3n) is 6.57. The van der Waals surface area contributed by atoms with Crippen molar-refractivity contribution in [2.45, 2.75) is 45.4 Å². The molecule has 7 heteroatoms. The molecule has 2 aromatic rings. The number of piperidine rings is 1. The SMILES string of the molecule is CCOC(=O)C1(Cc2cc(-c3ccc(F)cc3)no2)CCN(C(=O)[C@H]2CC=CCC2)CC1. The van der Waals surface area contributed by atoms with E-state index in [2.05, 4.69) is 17.3 Å². The molecule has 0 bridgehead atoms. The van der Waals surface area contributed by atoms with E-state index in [1.54, 1.807) is 25.1 Å². The van der Waals surface area contributed by atoms with E-state index in [9.17, 15) is 14.0 Å². The molecule has 4 rings (SSSR count). The van der Waals surface area contributed by atoms with Crippen molar-refractivity contribution in [1.29, 1.82) is 0 Å². The summed E-state index contributed by atoms with van der Waals surface area (Å²) in [7, 11) is 0. The number of hydrogen-bond acceptors (Lipinski definition) is 5. The molecule has 0 N–H and O–H groups in total. The Bertz CT molecular complexity index is 974. The lowest BCUT2D eigenvalue weighted by Crippen LogP contribution is -2.49. The number of hydrogen-bond donors (Lipinski definition) is 0. The van der Waals surface area contributed by atoms with Gasteiger partial charge in [0.25, 0.3) is 0 Å². The number of rotatable bonds is 6. The summed E-state index contributed by atoms with van der Waals surface area (Å²) in [4.78, 5) is 27.8. The van der Waals surface area contributed by atoms with Crippen LogP contribution in [0.15, 0.2) is 47.0 Å². The van der Waals surface area contributed by atoms with Gasteiger partial charge in [-0.2, -0.15) is 0 Å². The van der Waals surface area contributed by atoms with E-state index in [0.29, 0.717) is 50.4 Å². The Labute approximate surface area is 187 Å². The van der Waals surface area contributed by atoms with E-state index in [4.69, 9.17) is 9.26 Å². The number of esters is 1. The topological polar surface area (TPSA) is 72.6 Å². The zero-order chi connectivity index (χ0) is 22.6. The van der Waals surface area contributed by atoms with Gasteiger partial charge < -0.3 is 14.2 Å². The summed E-state index contributed by atoms with van der Waals surface area (Å²) in [6.07, 6.45) is 8.24. The van der Waals surface area contributed by atoms with Gasteiger partial charge in [-0.05, 0) is 63.3 Å². The van der Waals surface area contributed by atoms with Crippen LogP contribution < -0.4 is 0 Å². The molecule has 1 saturated heterocycles. The lowest BCUT2D eigenvalue weighted by Gasteiger charge is -2.40. The van der Waals surface area contributed by atoms with E-state index < -0.39 is 5.41 Å². The first-order valence-electron chi connectivity index (χ1n) is 11.3. The van der Waals surface area contributed by atoms with Crippen molar-refractivity contribution < 1.29 is 23.2 Å². The normalized spacial score (nSPS) is 20.2. The highest BCUT2D eigenvalue weighted by molar-refractivity contribution is 5.81. The molecule has 1 atom stereocenters. The summed E-state index contributed by atoms with van der Waals surface area (Å²) >= 11 is 0. The number of benzene rings is 1. The zero-order valence-electron chi connectivity index (χ0n) is 18.4. The first kappa shape index (κ1) is 22.2. The van der Waals surface area contributed by atoms with Crippen LogP contribution in [0.1, 0.15) is 44.8 Å². The fraction of sp³-hybridized carbons (Fsp3) is 0.480. The third-order valence-corrected chi connectivity index (χ3v) is 6.57. The maximum atomic E-state index is 13.2. The van der Waals surface area contributed by atoms with Gasteiger partial charge in [0, 0.05) is 37.1 Å². The molecule has 0 unspecified atom stereocenters. The second-order valence-corrected chi connectivity index (χ2v) is 8.67. The summed E-state index contributed by atoms with van der Waals surface area (Å²) in [5, 5.41) is 4.10. The van der Waals surface area contributed by atoms with E-state index >= 15 is 0 Å². The standard InChI is InChI=1S/C25H29FN2O4/c1-2-31-24(30)25(12-14-28(15-13-25)23(29)19-6-4-3-5-7-19)17-21-16-22(27-32-21)18-8-10-20(26)11-9-18/h3-4,8-11,16,19H,2,5-7,12-15,17H2,1H3/t19-/m0/s1. The average Bonchev–Trinajstić information content (AvgIpc) is 3.28. The van der Waals surface area contributed by atoms with Crippen molar-refractivity contribution in [1.82, 2.24) is 10.1 Å². The van der Waals surface area contributed by atoms with Crippen molar-refractivity contribution in [3.8, 4) is 11.3 Å². The quantitative estimate of drug-likeness (QED) is 0.487. The second kappa shape index (κ2) is 9.67. The number of amides is 1. The number of allylic oxidation sites excluding steroid dienone is 2. The van der Waals surface area contributed by atoms with Crippen LogP contribution in [-0.2, 0) is 20.7 Å². The van der Waals surface area contributed by atoms with Crippen molar-refractivity contribution >= 4 is 11.9 Å². The van der Waals surface area contributed by atoms with E-state index in [0.717, 1.165) is 24.8 Å². The van der Waals surface area contributed by atoms with E-state index in [-0.39, 0.29) is 23.6 Å². The maximum absolute atomic E-state index is 13.2. The fourth-order valence-electron chi connectivity index (χ4n) is 4.65.